The van der Waals surface area contributed by atoms with Gasteiger partial charge in [0.05, 0.1) is 13.2 Å². The van der Waals surface area contributed by atoms with E-state index in [0.717, 1.165) is 0 Å². The lowest BCUT2D eigenvalue weighted by Gasteiger charge is -2.37. The molecule has 0 aromatic carbocycles. The van der Waals surface area contributed by atoms with E-state index in [2.05, 4.69) is 4.18 Å². The number of hydrogen-bond donors (Lipinski definition) is 0. The molecule has 2 heterocycles. The molecule has 1 unspecified atom stereocenters. The predicted octanol–water partition coefficient (Wildman–Crippen LogP) is 0.841. The molecular formula is C9H12F3NO4S. The Hall–Kier alpha value is -0.800. The van der Waals surface area contributed by atoms with Gasteiger partial charge in [0.2, 0.25) is 0 Å². The number of hydrogen-bond acceptors (Lipinski definition) is 5. The van der Waals surface area contributed by atoms with Crippen molar-refractivity contribution in [2.24, 2.45) is 0 Å². The van der Waals surface area contributed by atoms with E-state index < -0.39 is 15.6 Å². The SMILES string of the molecule is O=S(=O)(OC1=CCN2CCOCC2C1)C(F)(F)F. The van der Waals surface area contributed by atoms with Gasteiger partial charge >= 0.3 is 15.6 Å². The molecule has 0 saturated carbocycles. The van der Waals surface area contributed by atoms with Crippen LogP contribution in [0.2, 0.25) is 0 Å². The van der Waals surface area contributed by atoms with Crippen LogP contribution in [0.1, 0.15) is 6.42 Å². The number of fused-ring (bicyclic) bond motifs is 1. The van der Waals surface area contributed by atoms with E-state index in [9.17, 15) is 21.6 Å². The van der Waals surface area contributed by atoms with Gasteiger partial charge in [0.1, 0.15) is 5.76 Å². The molecule has 18 heavy (non-hydrogen) atoms. The van der Waals surface area contributed by atoms with Crippen LogP contribution in [-0.2, 0) is 19.0 Å². The third-order valence-corrected chi connectivity index (χ3v) is 3.84. The summed E-state index contributed by atoms with van der Waals surface area (Å²) in [6.07, 6.45) is 1.47. The first-order chi connectivity index (χ1) is 8.29. The van der Waals surface area contributed by atoms with Crippen LogP contribution in [0.5, 0.6) is 0 Å². The monoisotopic (exact) mass is 287 g/mol. The molecule has 1 saturated heterocycles. The minimum absolute atomic E-state index is 0.106. The normalized spacial score (nSPS) is 26.4. The zero-order chi connectivity index (χ0) is 13.4. The van der Waals surface area contributed by atoms with E-state index >= 15 is 0 Å². The summed E-state index contributed by atoms with van der Waals surface area (Å²) in [5.74, 6) is -0.168. The lowest BCUT2D eigenvalue weighted by atomic mass is 10.1. The van der Waals surface area contributed by atoms with Crippen molar-refractivity contribution in [3.63, 3.8) is 0 Å². The molecule has 2 rings (SSSR count). The smallest absolute Gasteiger partial charge is 0.381 e. The van der Waals surface area contributed by atoms with Gasteiger partial charge in [-0.15, -0.1) is 0 Å². The number of rotatable bonds is 2. The van der Waals surface area contributed by atoms with Gasteiger partial charge in [-0.1, -0.05) is 0 Å². The highest BCUT2D eigenvalue weighted by molar-refractivity contribution is 7.87. The third kappa shape index (κ3) is 2.78. The molecule has 5 nitrogen and oxygen atoms in total. The van der Waals surface area contributed by atoms with Crippen molar-refractivity contribution < 1.29 is 30.5 Å². The summed E-state index contributed by atoms with van der Waals surface area (Å²) in [7, 11) is -5.56. The fourth-order valence-electron chi connectivity index (χ4n) is 1.91. The summed E-state index contributed by atoms with van der Waals surface area (Å²) in [6.45, 7) is 1.99. The molecule has 9 heteroatoms. The van der Waals surface area contributed by atoms with Crippen molar-refractivity contribution in [3.8, 4) is 0 Å². The van der Waals surface area contributed by atoms with Gasteiger partial charge in [-0.25, -0.2) is 0 Å². The largest absolute Gasteiger partial charge is 0.534 e. The fourth-order valence-corrected chi connectivity index (χ4v) is 2.42. The van der Waals surface area contributed by atoms with Crippen molar-refractivity contribution in [2.75, 3.05) is 26.3 Å². The fraction of sp³-hybridized carbons (Fsp3) is 0.778. The van der Waals surface area contributed by atoms with Gasteiger partial charge in [-0.05, 0) is 6.08 Å². The molecule has 0 spiro atoms. The Bertz CT molecular complexity index is 445. The van der Waals surface area contributed by atoms with Crippen molar-refractivity contribution in [2.45, 2.75) is 18.0 Å². The van der Waals surface area contributed by atoms with E-state index in [1.807, 2.05) is 4.90 Å². The summed E-state index contributed by atoms with van der Waals surface area (Å²) < 4.78 is 67.4. The van der Waals surface area contributed by atoms with Crippen LogP contribution in [-0.4, -0.2) is 51.2 Å². The summed E-state index contributed by atoms with van der Waals surface area (Å²) in [6, 6.07) is -0.123. The maximum atomic E-state index is 12.1. The highest BCUT2D eigenvalue weighted by Crippen LogP contribution is 2.30. The van der Waals surface area contributed by atoms with Crippen molar-refractivity contribution in [1.82, 2.24) is 4.90 Å². The topological polar surface area (TPSA) is 55.8 Å². The second-order valence-electron chi connectivity index (χ2n) is 4.08. The quantitative estimate of drug-likeness (QED) is 0.556. The summed E-state index contributed by atoms with van der Waals surface area (Å²) in [5.41, 5.74) is -5.39. The van der Waals surface area contributed by atoms with Gasteiger partial charge in [0.25, 0.3) is 0 Å². The minimum atomic E-state index is -5.56. The Morgan fingerprint density at radius 3 is 2.83 bits per heavy atom. The highest BCUT2D eigenvalue weighted by Gasteiger charge is 2.49. The molecule has 0 radical (unpaired) electrons. The zero-order valence-corrected chi connectivity index (χ0v) is 10.1. The number of alkyl halides is 3. The zero-order valence-electron chi connectivity index (χ0n) is 9.31. The molecule has 0 amide bonds. The molecule has 2 aliphatic heterocycles. The van der Waals surface area contributed by atoms with Crippen LogP contribution in [0.25, 0.3) is 0 Å². The first-order valence-corrected chi connectivity index (χ1v) is 6.72. The molecule has 2 aliphatic rings. The average molecular weight is 287 g/mol. The van der Waals surface area contributed by atoms with Crippen molar-refractivity contribution >= 4 is 10.1 Å². The third-order valence-electron chi connectivity index (χ3n) is 2.84. The van der Waals surface area contributed by atoms with Crippen molar-refractivity contribution in [3.05, 3.63) is 11.8 Å². The summed E-state index contributed by atoms with van der Waals surface area (Å²) >= 11 is 0. The molecule has 0 aromatic rings. The first-order valence-electron chi connectivity index (χ1n) is 5.31. The van der Waals surface area contributed by atoms with E-state index in [1.54, 1.807) is 0 Å². The molecule has 1 atom stereocenters. The van der Waals surface area contributed by atoms with Crippen LogP contribution in [0.15, 0.2) is 11.8 Å². The van der Waals surface area contributed by atoms with E-state index in [0.29, 0.717) is 26.3 Å². The number of morpholine rings is 1. The molecule has 104 valence electrons. The van der Waals surface area contributed by atoms with Crippen LogP contribution >= 0.6 is 0 Å². The molecule has 0 aliphatic carbocycles. The predicted molar refractivity (Wildman–Crippen MR) is 54.9 cm³/mol. The highest BCUT2D eigenvalue weighted by atomic mass is 32.2. The Morgan fingerprint density at radius 1 is 1.44 bits per heavy atom. The maximum Gasteiger partial charge on any atom is 0.534 e. The average Bonchev–Trinajstić information content (AvgIpc) is 2.27. The molecule has 0 N–H and O–H groups in total. The van der Waals surface area contributed by atoms with E-state index in [-0.39, 0.29) is 18.2 Å². The van der Waals surface area contributed by atoms with E-state index in [4.69, 9.17) is 4.74 Å². The molecular weight excluding hydrogens is 275 g/mol. The Balaban J connectivity index is 2.05. The molecule has 1 fully saturated rings. The maximum absolute atomic E-state index is 12.1. The van der Waals surface area contributed by atoms with Gasteiger partial charge in [0.15, 0.2) is 0 Å². The van der Waals surface area contributed by atoms with Crippen molar-refractivity contribution in [1.29, 1.82) is 0 Å². The Kier molecular flexibility index (Phi) is 3.56. The standard InChI is InChI=1S/C9H12F3NO4S/c10-9(11,12)18(14,15)17-8-1-2-13-3-4-16-6-7(13)5-8/h1,7H,2-6H2. The second kappa shape index (κ2) is 4.71. The minimum Gasteiger partial charge on any atom is -0.381 e. The molecule has 0 bridgehead atoms. The summed E-state index contributed by atoms with van der Waals surface area (Å²) in [5, 5.41) is 0. The lowest BCUT2D eigenvalue weighted by molar-refractivity contribution is -0.0535. The second-order valence-corrected chi connectivity index (χ2v) is 5.62. The number of nitrogens with zero attached hydrogens (tertiary/aromatic N) is 1. The van der Waals surface area contributed by atoms with Crippen LogP contribution in [0.3, 0.4) is 0 Å². The van der Waals surface area contributed by atoms with Crippen LogP contribution < -0.4 is 0 Å². The van der Waals surface area contributed by atoms with E-state index in [1.165, 1.54) is 6.08 Å². The van der Waals surface area contributed by atoms with Gasteiger partial charge < -0.3 is 8.92 Å². The Labute approximate surface area is 102 Å². The van der Waals surface area contributed by atoms with Gasteiger partial charge in [-0.2, -0.15) is 21.6 Å². The lowest BCUT2D eigenvalue weighted by Crippen LogP contribution is -2.47. The Morgan fingerprint density at radius 2 is 2.17 bits per heavy atom. The first kappa shape index (κ1) is 13.6. The van der Waals surface area contributed by atoms with Gasteiger partial charge in [0, 0.05) is 25.6 Å². The number of ether oxygens (including phenoxy) is 1. The summed E-state index contributed by atoms with van der Waals surface area (Å²) in [4.78, 5) is 2.01. The van der Waals surface area contributed by atoms with Crippen LogP contribution in [0.4, 0.5) is 13.2 Å². The molecule has 0 aromatic heterocycles. The van der Waals surface area contributed by atoms with Crippen LogP contribution in [0, 0.1) is 0 Å². The number of halogens is 3. The van der Waals surface area contributed by atoms with Gasteiger partial charge in [-0.3, -0.25) is 4.90 Å².